The maximum Gasteiger partial charge on any atom is 0.237 e. The lowest BCUT2D eigenvalue weighted by atomic mass is 10.1. The molecular formula is C14H21ClN2O3. The van der Waals surface area contributed by atoms with Gasteiger partial charge in [-0.1, -0.05) is 18.2 Å². The van der Waals surface area contributed by atoms with E-state index in [9.17, 15) is 9.90 Å². The third-order valence-corrected chi connectivity index (χ3v) is 3.39. The molecule has 1 aliphatic heterocycles. The van der Waals surface area contributed by atoms with Crippen LogP contribution in [0, 0.1) is 0 Å². The van der Waals surface area contributed by atoms with Gasteiger partial charge in [-0.25, -0.2) is 0 Å². The molecule has 1 heterocycles. The number of halogens is 1. The molecule has 6 heteroatoms. The van der Waals surface area contributed by atoms with Crippen molar-refractivity contribution in [1.82, 2.24) is 10.6 Å². The first-order valence-corrected chi connectivity index (χ1v) is 6.46. The van der Waals surface area contributed by atoms with E-state index >= 15 is 0 Å². The molecule has 0 aliphatic carbocycles. The Bertz CT molecular complexity index is 456. The number of ether oxygens (including phenoxy) is 1. The zero-order chi connectivity index (χ0) is 13.8. The average Bonchev–Trinajstić information content (AvgIpc) is 2.85. The Kier molecular flexibility index (Phi) is 6.26. The monoisotopic (exact) mass is 300 g/mol. The highest BCUT2D eigenvalue weighted by molar-refractivity contribution is 5.85. The van der Waals surface area contributed by atoms with Gasteiger partial charge in [-0.3, -0.25) is 4.79 Å². The van der Waals surface area contributed by atoms with Gasteiger partial charge in [0.25, 0.3) is 0 Å². The number of benzene rings is 1. The predicted molar refractivity (Wildman–Crippen MR) is 79.2 cm³/mol. The van der Waals surface area contributed by atoms with E-state index in [0.717, 1.165) is 11.3 Å². The fourth-order valence-corrected chi connectivity index (χ4v) is 2.33. The number of nitrogens with one attached hydrogen (secondary N) is 2. The van der Waals surface area contributed by atoms with Gasteiger partial charge < -0.3 is 20.5 Å². The molecule has 2 rings (SSSR count). The Morgan fingerprint density at radius 1 is 1.50 bits per heavy atom. The first-order chi connectivity index (χ1) is 9.11. The number of aliphatic hydroxyl groups excluding tert-OH is 1. The van der Waals surface area contributed by atoms with Crippen molar-refractivity contribution in [3.63, 3.8) is 0 Å². The first-order valence-electron chi connectivity index (χ1n) is 6.46. The van der Waals surface area contributed by atoms with E-state index in [2.05, 4.69) is 10.6 Å². The average molecular weight is 301 g/mol. The Labute approximate surface area is 125 Å². The van der Waals surface area contributed by atoms with E-state index in [1.165, 1.54) is 0 Å². The standard InChI is InChI=1S/C14H20N2O3.ClH/c1-9(11-5-3-4-6-13(11)19-2)16-14(18)12-7-10(17)8-15-12;/h3-6,9-10,12,15,17H,7-8H2,1-2H3,(H,16,18);1H. The van der Waals surface area contributed by atoms with Gasteiger partial charge in [0.2, 0.25) is 5.91 Å². The van der Waals surface area contributed by atoms with Crippen LogP contribution in [0.1, 0.15) is 24.9 Å². The van der Waals surface area contributed by atoms with Crippen molar-refractivity contribution in [3.8, 4) is 5.75 Å². The molecule has 0 bridgehead atoms. The summed E-state index contributed by atoms with van der Waals surface area (Å²) >= 11 is 0. The van der Waals surface area contributed by atoms with Crippen LogP contribution >= 0.6 is 12.4 Å². The van der Waals surface area contributed by atoms with Gasteiger partial charge in [0.15, 0.2) is 0 Å². The minimum Gasteiger partial charge on any atom is -0.496 e. The molecule has 0 aromatic heterocycles. The topological polar surface area (TPSA) is 70.6 Å². The quantitative estimate of drug-likeness (QED) is 0.776. The SMILES string of the molecule is COc1ccccc1C(C)NC(=O)C1CC(O)CN1.Cl. The Morgan fingerprint density at radius 3 is 2.80 bits per heavy atom. The molecule has 0 saturated carbocycles. The minimum atomic E-state index is -0.433. The second-order valence-electron chi connectivity index (χ2n) is 4.82. The summed E-state index contributed by atoms with van der Waals surface area (Å²) in [4.78, 5) is 12.0. The summed E-state index contributed by atoms with van der Waals surface area (Å²) in [6, 6.07) is 7.16. The van der Waals surface area contributed by atoms with Crippen LogP contribution in [-0.4, -0.2) is 36.8 Å². The summed E-state index contributed by atoms with van der Waals surface area (Å²) < 4.78 is 5.28. The van der Waals surface area contributed by atoms with Gasteiger partial charge in [0.1, 0.15) is 5.75 Å². The van der Waals surface area contributed by atoms with Crippen molar-refractivity contribution in [3.05, 3.63) is 29.8 Å². The van der Waals surface area contributed by atoms with Gasteiger partial charge >= 0.3 is 0 Å². The summed E-state index contributed by atoms with van der Waals surface area (Å²) in [7, 11) is 1.61. The van der Waals surface area contributed by atoms with E-state index in [1.807, 2.05) is 31.2 Å². The molecule has 3 atom stereocenters. The Balaban J connectivity index is 0.00000200. The zero-order valence-corrected chi connectivity index (χ0v) is 12.4. The first kappa shape index (κ1) is 16.8. The summed E-state index contributed by atoms with van der Waals surface area (Å²) in [6.45, 7) is 2.39. The summed E-state index contributed by atoms with van der Waals surface area (Å²) in [5.74, 6) is 0.671. The van der Waals surface area contributed by atoms with Crippen molar-refractivity contribution in [2.75, 3.05) is 13.7 Å². The van der Waals surface area contributed by atoms with Crippen LogP contribution in [-0.2, 0) is 4.79 Å². The van der Waals surface area contributed by atoms with Gasteiger partial charge in [-0.15, -0.1) is 12.4 Å². The third-order valence-electron chi connectivity index (χ3n) is 3.39. The van der Waals surface area contributed by atoms with E-state index in [1.54, 1.807) is 7.11 Å². The highest BCUT2D eigenvalue weighted by Crippen LogP contribution is 2.24. The molecule has 1 aromatic carbocycles. The molecule has 1 aliphatic rings. The third kappa shape index (κ3) is 3.85. The molecular weight excluding hydrogens is 280 g/mol. The molecule has 1 fully saturated rings. The van der Waals surface area contributed by atoms with Crippen LogP contribution in [0.4, 0.5) is 0 Å². The van der Waals surface area contributed by atoms with E-state index in [-0.39, 0.29) is 30.4 Å². The molecule has 112 valence electrons. The van der Waals surface area contributed by atoms with Crippen molar-refractivity contribution in [2.45, 2.75) is 31.5 Å². The maximum atomic E-state index is 12.0. The lowest BCUT2D eigenvalue weighted by Crippen LogP contribution is -2.41. The number of β-amino-alcohol motifs (C(OH)–C–C–N with tert-alkyl or cyclic N) is 1. The molecule has 1 aromatic rings. The van der Waals surface area contributed by atoms with Crippen molar-refractivity contribution in [1.29, 1.82) is 0 Å². The normalized spacial score (nSPS) is 22.8. The van der Waals surface area contributed by atoms with Crippen molar-refractivity contribution in [2.24, 2.45) is 0 Å². The smallest absolute Gasteiger partial charge is 0.237 e. The number of hydrogen-bond donors (Lipinski definition) is 3. The highest BCUT2D eigenvalue weighted by atomic mass is 35.5. The Morgan fingerprint density at radius 2 is 2.20 bits per heavy atom. The maximum absolute atomic E-state index is 12.0. The lowest BCUT2D eigenvalue weighted by molar-refractivity contribution is -0.123. The van der Waals surface area contributed by atoms with Crippen molar-refractivity contribution >= 4 is 18.3 Å². The second-order valence-corrected chi connectivity index (χ2v) is 4.82. The Hall–Kier alpha value is -1.30. The van der Waals surface area contributed by atoms with Crippen LogP contribution in [0.3, 0.4) is 0 Å². The van der Waals surface area contributed by atoms with Crippen LogP contribution in [0.15, 0.2) is 24.3 Å². The molecule has 3 N–H and O–H groups in total. The van der Waals surface area contributed by atoms with E-state index < -0.39 is 6.10 Å². The summed E-state index contributed by atoms with van der Waals surface area (Å²) in [5, 5.41) is 15.4. The fourth-order valence-electron chi connectivity index (χ4n) is 2.33. The number of para-hydroxylation sites is 1. The number of carbonyl (C=O) groups is 1. The molecule has 1 saturated heterocycles. The van der Waals surface area contributed by atoms with Gasteiger partial charge in [0, 0.05) is 12.1 Å². The largest absolute Gasteiger partial charge is 0.496 e. The number of hydrogen-bond acceptors (Lipinski definition) is 4. The molecule has 20 heavy (non-hydrogen) atoms. The fraction of sp³-hybridized carbons (Fsp3) is 0.500. The van der Waals surface area contributed by atoms with Gasteiger partial charge in [-0.05, 0) is 19.4 Å². The van der Waals surface area contributed by atoms with Gasteiger partial charge in [-0.2, -0.15) is 0 Å². The number of aliphatic hydroxyl groups is 1. The van der Waals surface area contributed by atoms with Gasteiger partial charge in [0.05, 0.1) is 25.3 Å². The molecule has 0 radical (unpaired) electrons. The highest BCUT2D eigenvalue weighted by Gasteiger charge is 2.29. The van der Waals surface area contributed by atoms with Crippen LogP contribution in [0.2, 0.25) is 0 Å². The second kappa shape index (κ2) is 7.47. The number of carbonyl (C=O) groups excluding carboxylic acids is 1. The van der Waals surface area contributed by atoms with E-state index in [4.69, 9.17) is 4.74 Å². The van der Waals surface area contributed by atoms with Crippen LogP contribution in [0.5, 0.6) is 5.75 Å². The minimum absolute atomic E-state index is 0. The molecule has 3 unspecified atom stereocenters. The molecule has 0 spiro atoms. The number of methoxy groups -OCH3 is 1. The molecule has 5 nitrogen and oxygen atoms in total. The molecule has 1 amide bonds. The number of amides is 1. The zero-order valence-electron chi connectivity index (χ0n) is 11.6. The van der Waals surface area contributed by atoms with E-state index in [0.29, 0.717) is 13.0 Å². The van der Waals surface area contributed by atoms with Crippen LogP contribution < -0.4 is 15.4 Å². The number of rotatable bonds is 4. The predicted octanol–water partition coefficient (Wildman–Crippen LogP) is 1.02. The van der Waals surface area contributed by atoms with Crippen LogP contribution in [0.25, 0.3) is 0 Å². The summed E-state index contributed by atoms with van der Waals surface area (Å²) in [6.07, 6.45) is 0.0297. The lowest BCUT2D eigenvalue weighted by Gasteiger charge is -2.19. The summed E-state index contributed by atoms with van der Waals surface area (Å²) in [5.41, 5.74) is 0.942. The van der Waals surface area contributed by atoms with Crippen molar-refractivity contribution < 1.29 is 14.6 Å².